The number of fused-ring (bicyclic) bond motifs is 1. The second-order valence-corrected chi connectivity index (χ2v) is 7.02. The number of aromatic hydroxyl groups is 1. The molecule has 0 bridgehead atoms. The van der Waals surface area contributed by atoms with E-state index in [9.17, 15) is 5.11 Å². The Morgan fingerprint density at radius 3 is 2.56 bits per heavy atom. The lowest BCUT2D eigenvalue weighted by Crippen LogP contribution is -2.13. The van der Waals surface area contributed by atoms with Gasteiger partial charge in [-0.3, -0.25) is 0 Å². The summed E-state index contributed by atoms with van der Waals surface area (Å²) in [5.74, 6) is 0.253. The van der Waals surface area contributed by atoms with E-state index in [1.54, 1.807) is 12.3 Å². The van der Waals surface area contributed by atoms with E-state index in [0.29, 0.717) is 5.02 Å². The molecule has 25 heavy (non-hydrogen) atoms. The number of phenolic OH excluding ortho intramolecular Hbond substituents is 1. The van der Waals surface area contributed by atoms with Crippen molar-refractivity contribution in [1.29, 1.82) is 0 Å². The number of rotatable bonds is 4. The fourth-order valence-corrected chi connectivity index (χ4v) is 3.67. The highest BCUT2D eigenvalue weighted by Gasteiger charge is 2.21. The van der Waals surface area contributed by atoms with Crippen LogP contribution in [0.2, 0.25) is 5.02 Å². The third-order valence-corrected chi connectivity index (χ3v) is 5.10. The van der Waals surface area contributed by atoms with Crippen LogP contribution in [0.25, 0.3) is 10.8 Å². The summed E-state index contributed by atoms with van der Waals surface area (Å²) in [5, 5.41) is 19.6. The summed E-state index contributed by atoms with van der Waals surface area (Å²) >= 11 is 7.58. The van der Waals surface area contributed by atoms with Crippen molar-refractivity contribution in [3.05, 3.63) is 88.4 Å². The molecule has 4 rings (SSSR count). The van der Waals surface area contributed by atoms with Crippen LogP contribution in [0.5, 0.6) is 5.75 Å². The van der Waals surface area contributed by atoms with E-state index in [1.807, 2.05) is 60.0 Å². The van der Waals surface area contributed by atoms with Gasteiger partial charge in [-0.15, -0.1) is 11.3 Å². The average molecular weight is 367 g/mol. The van der Waals surface area contributed by atoms with Gasteiger partial charge in [0.15, 0.2) is 5.13 Å². The highest BCUT2D eigenvalue weighted by atomic mass is 35.5. The van der Waals surface area contributed by atoms with E-state index >= 15 is 0 Å². The monoisotopic (exact) mass is 366 g/mol. The SMILES string of the molecule is Oc1ccc2ccccc2c1C(Nc1nccs1)c1ccc(Cl)cc1. The Bertz CT molecular complexity index is 1000. The quantitative estimate of drug-likeness (QED) is 0.475. The van der Waals surface area contributed by atoms with Crippen LogP contribution in [0, 0.1) is 0 Å². The van der Waals surface area contributed by atoms with E-state index < -0.39 is 0 Å². The molecule has 1 atom stereocenters. The first-order chi connectivity index (χ1) is 12.2. The van der Waals surface area contributed by atoms with Crippen LogP contribution in [0.15, 0.2) is 72.2 Å². The van der Waals surface area contributed by atoms with Crippen molar-refractivity contribution in [3.63, 3.8) is 0 Å². The Labute approximate surface area is 154 Å². The van der Waals surface area contributed by atoms with Crippen LogP contribution in [0.3, 0.4) is 0 Å². The minimum absolute atomic E-state index is 0.241. The standard InChI is InChI=1S/C20H15ClN2OS/c21-15-8-5-14(6-9-15)19(23-20-22-11-12-25-20)18-16-4-2-1-3-13(16)7-10-17(18)24/h1-12,19,24H,(H,22,23). The maximum Gasteiger partial charge on any atom is 0.183 e. The first-order valence-electron chi connectivity index (χ1n) is 7.84. The third kappa shape index (κ3) is 3.18. The molecule has 0 amide bonds. The second-order valence-electron chi connectivity index (χ2n) is 5.69. The molecule has 1 heterocycles. The number of benzene rings is 3. The van der Waals surface area contributed by atoms with Gasteiger partial charge in [-0.25, -0.2) is 4.98 Å². The predicted octanol–water partition coefficient (Wildman–Crippen LogP) is 5.86. The Morgan fingerprint density at radius 1 is 1.00 bits per heavy atom. The molecule has 5 heteroatoms. The molecule has 0 aliphatic rings. The summed E-state index contributed by atoms with van der Waals surface area (Å²) < 4.78 is 0. The summed E-state index contributed by atoms with van der Waals surface area (Å²) in [6.45, 7) is 0. The van der Waals surface area contributed by atoms with Gasteiger partial charge in [0.05, 0.1) is 6.04 Å². The van der Waals surface area contributed by atoms with Crippen LogP contribution in [0.4, 0.5) is 5.13 Å². The minimum Gasteiger partial charge on any atom is -0.508 e. The molecule has 2 N–H and O–H groups in total. The van der Waals surface area contributed by atoms with Gasteiger partial charge in [0.25, 0.3) is 0 Å². The maximum atomic E-state index is 10.6. The molecule has 0 aliphatic carbocycles. The number of nitrogens with one attached hydrogen (secondary N) is 1. The normalized spacial score (nSPS) is 12.2. The molecule has 4 aromatic rings. The smallest absolute Gasteiger partial charge is 0.183 e. The van der Waals surface area contributed by atoms with Crippen molar-refractivity contribution in [2.45, 2.75) is 6.04 Å². The molecule has 0 aliphatic heterocycles. The number of hydrogen-bond acceptors (Lipinski definition) is 4. The number of hydrogen-bond donors (Lipinski definition) is 2. The Morgan fingerprint density at radius 2 is 1.80 bits per heavy atom. The van der Waals surface area contributed by atoms with E-state index in [1.165, 1.54) is 11.3 Å². The Hall–Kier alpha value is -2.56. The molecule has 0 spiro atoms. The maximum absolute atomic E-state index is 10.6. The van der Waals surface area contributed by atoms with Gasteiger partial charge in [-0.1, -0.05) is 54.1 Å². The molecule has 0 radical (unpaired) electrons. The molecule has 1 aromatic heterocycles. The lowest BCUT2D eigenvalue weighted by Gasteiger charge is -2.22. The molecule has 3 nitrogen and oxygen atoms in total. The summed E-state index contributed by atoms with van der Waals surface area (Å²) in [7, 11) is 0. The number of phenols is 1. The lowest BCUT2D eigenvalue weighted by atomic mass is 9.93. The first-order valence-corrected chi connectivity index (χ1v) is 9.10. The van der Waals surface area contributed by atoms with Crippen molar-refractivity contribution >= 4 is 38.8 Å². The topological polar surface area (TPSA) is 45.1 Å². The van der Waals surface area contributed by atoms with Gasteiger partial charge >= 0.3 is 0 Å². The van der Waals surface area contributed by atoms with Gasteiger partial charge in [0.1, 0.15) is 5.75 Å². The van der Waals surface area contributed by atoms with Crippen LogP contribution in [-0.2, 0) is 0 Å². The van der Waals surface area contributed by atoms with Gasteiger partial charge in [-0.2, -0.15) is 0 Å². The third-order valence-electron chi connectivity index (χ3n) is 4.14. The number of aromatic nitrogens is 1. The van der Waals surface area contributed by atoms with Crippen LogP contribution >= 0.6 is 22.9 Å². The summed E-state index contributed by atoms with van der Waals surface area (Å²) in [5.41, 5.74) is 1.84. The highest BCUT2D eigenvalue weighted by molar-refractivity contribution is 7.13. The number of halogens is 1. The molecular weight excluding hydrogens is 352 g/mol. The van der Waals surface area contributed by atoms with Crippen LogP contribution in [0.1, 0.15) is 17.2 Å². The number of nitrogens with zero attached hydrogens (tertiary/aromatic N) is 1. The number of anilines is 1. The predicted molar refractivity (Wildman–Crippen MR) is 105 cm³/mol. The van der Waals surface area contributed by atoms with Crippen LogP contribution in [-0.4, -0.2) is 10.1 Å². The molecular formula is C20H15ClN2OS. The molecule has 3 aromatic carbocycles. The Balaban J connectivity index is 1.91. The van der Waals surface area contributed by atoms with E-state index in [2.05, 4.69) is 10.3 Å². The van der Waals surface area contributed by atoms with Crippen LogP contribution < -0.4 is 5.32 Å². The lowest BCUT2D eigenvalue weighted by molar-refractivity contribution is 0.468. The first kappa shape index (κ1) is 15.9. The molecule has 0 fully saturated rings. The molecule has 1 unspecified atom stereocenters. The average Bonchev–Trinajstić information content (AvgIpc) is 3.14. The zero-order chi connectivity index (χ0) is 17.2. The van der Waals surface area contributed by atoms with Gasteiger partial charge in [0.2, 0.25) is 0 Å². The number of thiazole rings is 1. The zero-order valence-electron chi connectivity index (χ0n) is 13.2. The summed E-state index contributed by atoms with van der Waals surface area (Å²) in [6, 6.07) is 19.1. The van der Waals surface area contributed by atoms with Crippen molar-refractivity contribution in [2.75, 3.05) is 5.32 Å². The summed E-state index contributed by atoms with van der Waals surface area (Å²) in [6.07, 6.45) is 1.76. The fraction of sp³-hybridized carbons (Fsp3) is 0.0500. The fourth-order valence-electron chi connectivity index (χ4n) is 2.98. The largest absolute Gasteiger partial charge is 0.508 e. The van der Waals surface area contributed by atoms with E-state index in [-0.39, 0.29) is 11.8 Å². The summed E-state index contributed by atoms with van der Waals surface area (Å²) in [4.78, 5) is 4.33. The highest BCUT2D eigenvalue weighted by Crippen LogP contribution is 2.38. The second kappa shape index (κ2) is 6.75. The molecule has 0 saturated heterocycles. The van der Waals surface area contributed by atoms with Crippen molar-refractivity contribution in [3.8, 4) is 5.75 Å². The molecule has 0 saturated carbocycles. The van der Waals surface area contributed by atoms with Crippen molar-refractivity contribution < 1.29 is 5.11 Å². The van der Waals surface area contributed by atoms with Gasteiger partial charge in [-0.05, 0) is 34.5 Å². The molecule has 124 valence electrons. The van der Waals surface area contributed by atoms with Gasteiger partial charge < -0.3 is 10.4 Å². The zero-order valence-corrected chi connectivity index (χ0v) is 14.8. The van der Waals surface area contributed by atoms with Gasteiger partial charge in [0, 0.05) is 22.2 Å². The van der Waals surface area contributed by atoms with E-state index in [4.69, 9.17) is 11.6 Å². The van der Waals surface area contributed by atoms with Crippen molar-refractivity contribution in [1.82, 2.24) is 4.98 Å². The Kier molecular flexibility index (Phi) is 4.30. The van der Waals surface area contributed by atoms with Crippen molar-refractivity contribution in [2.24, 2.45) is 0 Å². The van der Waals surface area contributed by atoms with E-state index in [0.717, 1.165) is 27.0 Å². The minimum atomic E-state index is -0.241.